The van der Waals surface area contributed by atoms with Gasteiger partial charge in [-0.2, -0.15) is 0 Å². The van der Waals surface area contributed by atoms with Gasteiger partial charge in [-0.05, 0) is 0 Å². The smallest absolute Gasteiger partial charge is 0.109 e. The van der Waals surface area contributed by atoms with E-state index in [1.807, 2.05) is 0 Å². The Morgan fingerprint density at radius 3 is 1.46 bits per heavy atom. The van der Waals surface area contributed by atoms with Gasteiger partial charge >= 0.3 is 0 Å². The van der Waals surface area contributed by atoms with Crippen LogP contribution < -0.4 is 5.32 Å². The summed E-state index contributed by atoms with van der Waals surface area (Å²) in [5, 5.41) is 48.1. The Hall–Kier alpha value is -0.240. The summed E-state index contributed by atoms with van der Waals surface area (Å²) in [5.41, 5.74) is 0. The third-order valence-corrected chi connectivity index (χ3v) is 2.35. The zero-order valence-corrected chi connectivity index (χ0v) is 7.04. The Balaban J connectivity index is 2.66. The lowest BCUT2D eigenvalue weighted by Gasteiger charge is -2.40. The minimum absolute atomic E-state index is 0.360. The Morgan fingerprint density at radius 2 is 1.15 bits per heavy atom. The fourth-order valence-electron chi connectivity index (χ4n) is 1.47. The van der Waals surface area contributed by atoms with Crippen LogP contribution >= 0.6 is 0 Å². The van der Waals surface area contributed by atoms with Crippen LogP contribution in [-0.2, 0) is 0 Å². The predicted molar refractivity (Wildman–Crippen MR) is 42.9 cm³/mol. The minimum Gasteiger partial charge on any atom is -0.395 e. The number of hydrogen-bond acceptors (Lipinski definition) is 6. The van der Waals surface area contributed by atoms with Crippen molar-refractivity contribution >= 4 is 0 Å². The van der Waals surface area contributed by atoms with Crippen LogP contribution in [0.25, 0.3) is 0 Å². The normalized spacial score (nSPS) is 46.4. The van der Waals surface area contributed by atoms with E-state index >= 15 is 0 Å². The van der Waals surface area contributed by atoms with Crippen molar-refractivity contribution in [2.24, 2.45) is 0 Å². The van der Waals surface area contributed by atoms with Gasteiger partial charge in [-0.25, -0.2) is 0 Å². The van der Waals surface area contributed by atoms with Crippen LogP contribution in [0.4, 0.5) is 0 Å². The maximum absolute atomic E-state index is 9.31. The lowest BCUT2D eigenvalue weighted by molar-refractivity contribution is -0.125. The van der Waals surface area contributed by atoms with E-state index < -0.39 is 30.4 Å². The van der Waals surface area contributed by atoms with Crippen LogP contribution in [0.3, 0.4) is 0 Å². The molecule has 0 saturated carbocycles. The summed E-state index contributed by atoms with van der Waals surface area (Å²) in [5.74, 6) is 0. The molecular formula is C7H15NO5. The van der Waals surface area contributed by atoms with Crippen molar-refractivity contribution in [2.45, 2.75) is 30.4 Å². The fourth-order valence-corrected chi connectivity index (χ4v) is 1.47. The number of hydrogen-bond donors (Lipinski definition) is 6. The molecule has 1 fully saturated rings. The van der Waals surface area contributed by atoms with Crippen LogP contribution in [0.2, 0.25) is 0 Å². The molecule has 6 N–H and O–H groups in total. The standard InChI is InChI=1S/C7H15NO5/c9-1-3-5(11)7(13)6(12)4(2-10)8-3/h3-13H,1-2H2/t3-,4+,5-,6+,7?. The van der Waals surface area contributed by atoms with E-state index in [9.17, 15) is 15.3 Å². The van der Waals surface area contributed by atoms with Crippen LogP contribution in [-0.4, -0.2) is 69.1 Å². The van der Waals surface area contributed by atoms with E-state index in [0.29, 0.717) is 0 Å². The summed E-state index contributed by atoms with van der Waals surface area (Å²) in [6.07, 6.45) is -3.78. The third kappa shape index (κ3) is 1.98. The first kappa shape index (κ1) is 10.8. The molecule has 6 heteroatoms. The molecule has 0 aliphatic carbocycles. The van der Waals surface area contributed by atoms with Gasteiger partial charge in [0.2, 0.25) is 0 Å². The number of aliphatic hydroxyl groups excluding tert-OH is 5. The van der Waals surface area contributed by atoms with Crippen molar-refractivity contribution in [3.8, 4) is 0 Å². The number of piperidine rings is 1. The van der Waals surface area contributed by atoms with Gasteiger partial charge in [-0.3, -0.25) is 0 Å². The van der Waals surface area contributed by atoms with Crippen molar-refractivity contribution in [3.05, 3.63) is 0 Å². The molecule has 1 aliphatic heterocycles. The molecule has 0 aromatic carbocycles. The maximum atomic E-state index is 9.31. The Bertz CT molecular complexity index is 147. The summed E-state index contributed by atoms with van der Waals surface area (Å²) in [4.78, 5) is 0. The minimum atomic E-state index is -1.34. The average Bonchev–Trinajstić information content (AvgIpc) is 2.15. The molecule has 6 nitrogen and oxygen atoms in total. The fraction of sp³-hybridized carbons (Fsp3) is 1.00. The van der Waals surface area contributed by atoms with E-state index in [4.69, 9.17) is 10.2 Å². The maximum Gasteiger partial charge on any atom is 0.109 e. The molecular weight excluding hydrogens is 178 g/mol. The van der Waals surface area contributed by atoms with Gasteiger partial charge in [0.25, 0.3) is 0 Å². The zero-order chi connectivity index (χ0) is 10.0. The molecule has 1 aliphatic rings. The molecule has 0 aromatic heterocycles. The molecule has 0 radical (unpaired) electrons. The first-order valence-corrected chi connectivity index (χ1v) is 4.13. The second kappa shape index (κ2) is 4.32. The van der Waals surface area contributed by atoms with E-state index in [0.717, 1.165) is 0 Å². The van der Waals surface area contributed by atoms with Crippen LogP contribution in [0, 0.1) is 0 Å². The molecule has 1 rings (SSSR count). The lowest BCUT2D eigenvalue weighted by Crippen LogP contribution is -2.66. The number of rotatable bonds is 2. The van der Waals surface area contributed by atoms with Crippen molar-refractivity contribution in [1.29, 1.82) is 0 Å². The molecule has 5 atom stereocenters. The second-order valence-electron chi connectivity index (χ2n) is 3.22. The van der Waals surface area contributed by atoms with Crippen molar-refractivity contribution in [3.63, 3.8) is 0 Å². The highest BCUT2D eigenvalue weighted by Crippen LogP contribution is 2.14. The summed E-state index contributed by atoms with van der Waals surface area (Å²) in [7, 11) is 0. The summed E-state index contributed by atoms with van der Waals surface area (Å²) in [6.45, 7) is -0.719. The van der Waals surface area contributed by atoms with Crippen LogP contribution in [0.1, 0.15) is 0 Å². The SMILES string of the molecule is OC[C@@H]1N[C@H](CO)[C@@H](O)C(O)[C@H]1O. The topological polar surface area (TPSA) is 113 Å². The largest absolute Gasteiger partial charge is 0.395 e. The van der Waals surface area contributed by atoms with E-state index in [1.54, 1.807) is 0 Å². The molecule has 0 amide bonds. The van der Waals surface area contributed by atoms with Crippen molar-refractivity contribution < 1.29 is 25.5 Å². The summed E-state index contributed by atoms with van der Waals surface area (Å²) < 4.78 is 0. The zero-order valence-electron chi connectivity index (χ0n) is 7.04. The molecule has 0 aromatic rings. The Morgan fingerprint density at radius 1 is 0.769 bits per heavy atom. The average molecular weight is 193 g/mol. The van der Waals surface area contributed by atoms with Gasteiger partial charge in [-0.1, -0.05) is 0 Å². The van der Waals surface area contributed by atoms with Crippen molar-refractivity contribution in [2.75, 3.05) is 13.2 Å². The van der Waals surface area contributed by atoms with E-state index in [2.05, 4.69) is 5.32 Å². The molecule has 13 heavy (non-hydrogen) atoms. The first-order valence-electron chi connectivity index (χ1n) is 4.13. The second-order valence-corrected chi connectivity index (χ2v) is 3.22. The van der Waals surface area contributed by atoms with Gasteiger partial charge in [0, 0.05) is 0 Å². The molecule has 0 bridgehead atoms. The van der Waals surface area contributed by atoms with Gasteiger partial charge in [0.15, 0.2) is 0 Å². The highest BCUT2D eigenvalue weighted by atomic mass is 16.4. The highest BCUT2D eigenvalue weighted by Gasteiger charge is 2.41. The predicted octanol–water partition coefficient (Wildman–Crippen LogP) is -3.61. The van der Waals surface area contributed by atoms with Gasteiger partial charge in [0.1, 0.15) is 6.10 Å². The number of aliphatic hydroxyl groups is 5. The monoisotopic (exact) mass is 193 g/mol. The Labute approximate surface area is 75.4 Å². The molecule has 78 valence electrons. The van der Waals surface area contributed by atoms with Gasteiger partial charge < -0.3 is 30.8 Å². The molecule has 1 unspecified atom stereocenters. The quantitative estimate of drug-likeness (QED) is 0.270. The van der Waals surface area contributed by atoms with Crippen LogP contribution in [0.5, 0.6) is 0 Å². The third-order valence-electron chi connectivity index (χ3n) is 2.35. The van der Waals surface area contributed by atoms with Crippen molar-refractivity contribution in [1.82, 2.24) is 5.32 Å². The first-order chi connectivity index (χ1) is 6.11. The van der Waals surface area contributed by atoms with Gasteiger partial charge in [0.05, 0.1) is 37.5 Å². The molecule has 1 heterocycles. The summed E-state index contributed by atoms with van der Waals surface area (Å²) in [6, 6.07) is -1.42. The molecule has 0 spiro atoms. The van der Waals surface area contributed by atoms with E-state index in [1.165, 1.54) is 0 Å². The highest BCUT2D eigenvalue weighted by molar-refractivity contribution is 4.97. The Kier molecular flexibility index (Phi) is 3.60. The number of nitrogens with one attached hydrogen (secondary N) is 1. The lowest BCUT2D eigenvalue weighted by atomic mass is 9.91. The summed E-state index contributed by atoms with van der Waals surface area (Å²) >= 11 is 0. The van der Waals surface area contributed by atoms with E-state index in [-0.39, 0.29) is 13.2 Å². The van der Waals surface area contributed by atoms with Crippen LogP contribution in [0.15, 0.2) is 0 Å². The van der Waals surface area contributed by atoms with Gasteiger partial charge in [-0.15, -0.1) is 0 Å². The molecule has 1 saturated heterocycles.